The molecule has 7 aliphatic rings. The minimum atomic E-state index is -2.32. The molecule has 7 heterocycles. The Morgan fingerprint density at radius 2 is 0.651 bits per heavy atom. The molecule has 35 atom stereocenters. The smallest absolute Gasteiger partial charge is 0.217 e. The average Bonchev–Trinajstić information content (AvgIpc) is 3.21. The molecular formula is C46H78N2O35. The van der Waals surface area contributed by atoms with Crippen molar-refractivity contribution in [2.45, 2.75) is 236 Å². The van der Waals surface area contributed by atoms with Gasteiger partial charge in [-0.1, -0.05) is 0 Å². The van der Waals surface area contributed by atoms with E-state index in [0.717, 1.165) is 13.8 Å². The molecule has 7 rings (SSSR count). The molecule has 0 aliphatic carbocycles. The van der Waals surface area contributed by atoms with Gasteiger partial charge in [0.15, 0.2) is 44.0 Å². The highest BCUT2D eigenvalue weighted by molar-refractivity contribution is 5.73. The molecule has 0 radical (unpaired) electrons. The van der Waals surface area contributed by atoms with Gasteiger partial charge in [0.1, 0.15) is 165 Å². The molecule has 0 aromatic carbocycles. The monoisotopic (exact) mass is 1220 g/mol. The SMILES string of the molecule is CC(=O)N[C@H]1[C@H](O[C@H]2[C@@H](O)[C@@H](CO)O[C@@H](O[C@H]3[C@H](O)[C@@H](O)[C@@H](O)O[C@@H]3CO)[C@@H]2O)O[C@H](CO)[C@@H](O[C@@H]2O[C@H](CO)[C@H](O)[C@H](O[C@@H]3O[C@H](CO)[C@@H](O[C@@H]4O[C@@H](C)[C@@H](O)[C@@H](O)[C@@H]4O)[C@H](O[C@@H]4O[C@H](CO)[C@H](O)[C@H](O)[C@H]4O)[C@H]3NC(C)=O)[C@H]2O)[C@@H]1O. The minimum absolute atomic E-state index is 0.889. The molecule has 0 bridgehead atoms. The summed E-state index contributed by atoms with van der Waals surface area (Å²) in [6.45, 7) is -2.89. The summed E-state index contributed by atoms with van der Waals surface area (Å²) < 4.78 is 75.4. The van der Waals surface area contributed by atoms with Crippen LogP contribution in [0.5, 0.6) is 0 Å². The fourth-order valence-electron chi connectivity index (χ4n) is 10.7. The van der Waals surface area contributed by atoms with E-state index in [1.54, 1.807) is 0 Å². The standard InChI is InChI=1S/C46H78N2O35/c1-10-21(57)26(62)30(66)43(71-10)80-36-18(9-54)77-42(20(48-12(3)56)37(36)81-44-31(67)27(63)22(58)13(4-49)73-44)83-39-24(60)15(6-51)74-45(33(39)69)78-34-17(8-53)76-41(19(25(34)61)47-11(2)55)82-38-23(59)14(5-50)75-46(32(38)68)79-35-16(7-52)72-40(70)29(65)28(35)64/h10,13-46,49-54,57-70H,4-9H2,1-3H3,(H,47,55)(H,48,56)/t10-,13+,14+,15+,16+,17+,18+,19+,20+,21+,22-,23-,24-,25+,26+,27-,28+,29+,30-,31+,32+,33+,34+,35+,36+,37+,38-,39-,40-,41-,42-,43-,44-,45-,46-/m0/s1. The lowest BCUT2D eigenvalue weighted by Crippen LogP contribution is -2.71. The molecule has 83 heavy (non-hydrogen) atoms. The number of aliphatic hydroxyl groups is 20. The van der Waals surface area contributed by atoms with E-state index in [1.807, 2.05) is 0 Å². The molecule has 7 saturated heterocycles. The highest BCUT2D eigenvalue weighted by atomic mass is 16.8. The van der Waals surface area contributed by atoms with Crippen molar-refractivity contribution in [2.75, 3.05) is 39.6 Å². The fourth-order valence-corrected chi connectivity index (χ4v) is 10.7. The zero-order valence-electron chi connectivity index (χ0n) is 44.5. The summed E-state index contributed by atoms with van der Waals surface area (Å²) in [5, 5.41) is 220. The van der Waals surface area contributed by atoms with Crippen molar-refractivity contribution in [3.05, 3.63) is 0 Å². The Bertz CT molecular complexity index is 2040. The average molecular weight is 1220 g/mol. The van der Waals surface area contributed by atoms with Gasteiger partial charge in [-0.25, -0.2) is 0 Å². The number of amides is 2. The van der Waals surface area contributed by atoms with Gasteiger partial charge in [0.2, 0.25) is 11.8 Å². The van der Waals surface area contributed by atoms with E-state index < -0.39 is 266 Å². The minimum Gasteiger partial charge on any atom is -0.394 e. The van der Waals surface area contributed by atoms with Crippen LogP contribution in [0.4, 0.5) is 0 Å². The van der Waals surface area contributed by atoms with Gasteiger partial charge in [-0.2, -0.15) is 0 Å². The van der Waals surface area contributed by atoms with Crippen LogP contribution in [0.25, 0.3) is 0 Å². The maximum Gasteiger partial charge on any atom is 0.217 e. The second-order valence-corrected chi connectivity index (χ2v) is 21.0. The molecular weight excluding hydrogens is 1140 g/mol. The Labute approximate surface area is 470 Å². The first-order valence-electron chi connectivity index (χ1n) is 26.5. The quantitative estimate of drug-likeness (QED) is 0.0538. The summed E-state index contributed by atoms with van der Waals surface area (Å²) in [5.41, 5.74) is 0. The molecule has 482 valence electrons. The van der Waals surface area contributed by atoms with Crippen LogP contribution in [-0.2, 0) is 71.2 Å². The Kier molecular flexibility index (Phi) is 24.0. The Hall–Kier alpha value is -2.38. The van der Waals surface area contributed by atoms with Crippen molar-refractivity contribution in [1.82, 2.24) is 10.6 Å². The molecule has 0 spiro atoms. The number of hydrogen-bond donors (Lipinski definition) is 22. The van der Waals surface area contributed by atoms with Gasteiger partial charge in [0, 0.05) is 13.8 Å². The maximum atomic E-state index is 13.1. The van der Waals surface area contributed by atoms with Crippen molar-refractivity contribution in [3.63, 3.8) is 0 Å². The van der Waals surface area contributed by atoms with Crippen LogP contribution in [0, 0.1) is 0 Å². The summed E-state index contributed by atoms with van der Waals surface area (Å²) in [4.78, 5) is 25.8. The van der Waals surface area contributed by atoms with Gasteiger partial charge < -0.3 is 174 Å². The third kappa shape index (κ3) is 14.5. The molecule has 2 amide bonds. The van der Waals surface area contributed by atoms with Crippen LogP contribution < -0.4 is 10.6 Å². The summed E-state index contributed by atoms with van der Waals surface area (Å²) in [5.74, 6) is -1.80. The van der Waals surface area contributed by atoms with E-state index in [9.17, 15) is 112 Å². The molecule has 0 saturated carbocycles. The third-order valence-electron chi connectivity index (χ3n) is 15.3. The third-order valence-corrected chi connectivity index (χ3v) is 15.3. The first-order chi connectivity index (χ1) is 39.2. The first-order valence-corrected chi connectivity index (χ1v) is 26.5. The van der Waals surface area contributed by atoms with Gasteiger partial charge in [0.25, 0.3) is 0 Å². The number of nitrogens with one attached hydrogen (secondary N) is 2. The molecule has 0 unspecified atom stereocenters. The topological polar surface area (TPSA) is 583 Å². The predicted octanol–water partition coefficient (Wildman–Crippen LogP) is -15.0. The van der Waals surface area contributed by atoms with Crippen molar-refractivity contribution < 1.29 is 173 Å². The Morgan fingerprint density at radius 1 is 0.313 bits per heavy atom. The number of ether oxygens (including phenoxy) is 13. The van der Waals surface area contributed by atoms with Gasteiger partial charge >= 0.3 is 0 Å². The lowest BCUT2D eigenvalue weighted by molar-refractivity contribution is -0.393. The van der Waals surface area contributed by atoms with Crippen molar-refractivity contribution in [1.29, 1.82) is 0 Å². The Balaban J connectivity index is 1.15. The van der Waals surface area contributed by atoms with Gasteiger partial charge in [0.05, 0.1) is 45.7 Å². The molecule has 37 nitrogen and oxygen atoms in total. The first kappa shape index (κ1) is 68.1. The van der Waals surface area contributed by atoms with Crippen LogP contribution >= 0.6 is 0 Å². The summed E-state index contributed by atoms with van der Waals surface area (Å²) in [7, 11) is 0. The second-order valence-electron chi connectivity index (χ2n) is 21.0. The number of carbonyl (C=O) groups is 2. The number of hydrogen-bond acceptors (Lipinski definition) is 35. The highest BCUT2D eigenvalue weighted by Crippen LogP contribution is 2.39. The zero-order valence-corrected chi connectivity index (χ0v) is 44.5. The van der Waals surface area contributed by atoms with E-state index in [1.165, 1.54) is 6.92 Å². The van der Waals surface area contributed by atoms with Gasteiger partial charge in [-0.15, -0.1) is 0 Å². The van der Waals surface area contributed by atoms with Crippen molar-refractivity contribution in [3.8, 4) is 0 Å². The summed E-state index contributed by atoms with van der Waals surface area (Å²) >= 11 is 0. The van der Waals surface area contributed by atoms with Crippen LogP contribution in [0.15, 0.2) is 0 Å². The number of carbonyl (C=O) groups excluding carboxylic acids is 2. The molecule has 0 aromatic rings. The van der Waals surface area contributed by atoms with Crippen molar-refractivity contribution >= 4 is 11.8 Å². The maximum absolute atomic E-state index is 13.1. The van der Waals surface area contributed by atoms with Crippen LogP contribution in [0.2, 0.25) is 0 Å². The largest absolute Gasteiger partial charge is 0.394 e. The normalized spacial score (nSPS) is 50.8. The van der Waals surface area contributed by atoms with Crippen LogP contribution in [-0.4, -0.2) is 368 Å². The summed E-state index contributed by atoms with van der Waals surface area (Å²) in [6.07, 6.45) is -63.7. The molecule has 0 aromatic heterocycles. The highest BCUT2D eigenvalue weighted by Gasteiger charge is 2.59. The molecule has 37 heteroatoms. The number of rotatable bonds is 20. The predicted molar refractivity (Wildman–Crippen MR) is 254 cm³/mol. The van der Waals surface area contributed by atoms with E-state index >= 15 is 0 Å². The van der Waals surface area contributed by atoms with Crippen LogP contribution in [0.3, 0.4) is 0 Å². The fraction of sp³-hybridized carbons (Fsp3) is 0.957. The zero-order chi connectivity index (χ0) is 61.2. The number of aliphatic hydroxyl groups excluding tert-OH is 20. The lowest BCUT2D eigenvalue weighted by Gasteiger charge is -2.52. The molecule has 7 aliphatic heterocycles. The Morgan fingerprint density at radius 3 is 1.12 bits per heavy atom. The second kappa shape index (κ2) is 29.3. The lowest BCUT2D eigenvalue weighted by atomic mass is 9.93. The van der Waals surface area contributed by atoms with Gasteiger partial charge in [-0.3, -0.25) is 9.59 Å². The van der Waals surface area contributed by atoms with Gasteiger partial charge in [-0.05, 0) is 6.92 Å². The van der Waals surface area contributed by atoms with E-state index in [2.05, 4.69) is 10.6 Å². The van der Waals surface area contributed by atoms with E-state index in [-0.39, 0.29) is 0 Å². The summed E-state index contributed by atoms with van der Waals surface area (Å²) in [6, 6.07) is -3.71. The van der Waals surface area contributed by atoms with E-state index in [4.69, 9.17) is 61.6 Å². The molecule has 7 fully saturated rings. The van der Waals surface area contributed by atoms with E-state index in [0.29, 0.717) is 0 Å². The van der Waals surface area contributed by atoms with Crippen LogP contribution in [0.1, 0.15) is 20.8 Å². The molecule has 22 N–H and O–H groups in total. The van der Waals surface area contributed by atoms with Crippen molar-refractivity contribution in [2.24, 2.45) is 0 Å².